The molecule has 0 radical (unpaired) electrons. The second kappa shape index (κ2) is 9.11. The van der Waals surface area contributed by atoms with Crippen molar-refractivity contribution in [1.82, 2.24) is 4.98 Å². The van der Waals surface area contributed by atoms with Gasteiger partial charge < -0.3 is 10.6 Å². The van der Waals surface area contributed by atoms with E-state index in [2.05, 4.69) is 21.7 Å². The van der Waals surface area contributed by atoms with Crippen molar-refractivity contribution < 1.29 is 4.79 Å². The molecule has 30 heavy (non-hydrogen) atoms. The number of thiophene rings is 1. The first-order valence-corrected chi connectivity index (χ1v) is 10.7. The molecular weight excluding hydrogens is 414 g/mol. The summed E-state index contributed by atoms with van der Waals surface area (Å²) in [6.07, 6.45) is 1.74. The van der Waals surface area contributed by atoms with Crippen molar-refractivity contribution in [1.29, 1.82) is 0 Å². The minimum Gasteiger partial charge on any atom is -0.359 e. The van der Waals surface area contributed by atoms with Crippen molar-refractivity contribution in [2.45, 2.75) is 13.0 Å². The lowest BCUT2D eigenvalue weighted by molar-refractivity contribution is 0.102. The molecular formula is C24H20ClN3OS. The summed E-state index contributed by atoms with van der Waals surface area (Å²) in [5.74, 6) is 0.584. The number of halogens is 1. The van der Waals surface area contributed by atoms with Crippen LogP contribution in [0.3, 0.4) is 0 Å². The van der Waals surface area contributed by atoms with Crippen LogP contribution >= 0.6 is 22.9 Å². The molecule has 1 unspecified atom stereocenters. The normalized spacial score (nSPS) is 11.7. The van der Waals surface area contributed by atoms with Gasteiger partial charge in [-0.25, -0.2) is 4.98 Å². The Bertz CT molecular complexity index is 1150. The number of carbonyl (C=O) groups is 1. The van der Waals surface area contributed by atoms with Gasteiger partial charge in [-0.3, -0.25) is 4.79 Å². The third-order valence-corrected chi connectivity index (χ3v) is 5.96. The second-order valence-corrected chi connectivity index (χ2v) is 8.44. The van der Waals surface area contributed by atoms with Gasteiger partial charge in [0.15, 0.2) is 0 Å². The molecule has 1 atom stereocenters. The molecule has 0 aliphatic carbocycles. The average Bonchev–Trinajstić information content (AvgIpc) is 3.13. The van der Waals surface area contributed by atoms with Gasteiger partial charge in [0.05, 0.1) is 6.04 Å². The Morgan fingerprint density at radius 2 is 1.70 bits per heavy atom. The van der Waals surface area contributed by atoms with Crippen LogP contribution in [0.4, 0.5) is 10.8 Å². The molecule has 0 spiro atoms. The van der Waals surface area contributed by atoms with Crippen molar-refractivity contribution >= 4 is 39.7 Å². The van der Waals surface area contributed by atoms with E-state index in [-0.39, 0.29) is 11.9 Å². The van der Waals surface area contributed by atoms with E-state index in [1.807, 2.05) is 67.6 Å². The van der Waals surface area contributed by atoms with Crippen LogP contribution in [0.15, 0.2) is 85.1 Å². The fourth-order valence-corrected chi connectivity index (χ4v) is 4.43. The predicted octanol–water partition coefficient (Wildman–Crippen LogP) is 6.56. The molecule has 150 valence electrons. The summed E-state index contributed by atoms with van der Waals surface area (Å²) < 4.78 is 0. The molecule has 0 aliphatic heterocycles. The van der Waals surface area contributed by atoms with Crippen LogP contribution in [0.2, 0.25) is 5.02 Å². The molecule has 0 aliphatic rings. The van der Waals surface area contributed by atoms with Crippen molar-refractivity contribution in [3.05, 3.63) is 112 Å². The first-order valence-electron chi connectivity index (χ1n) is 9.50. The summed E-state index contributed by atoms with van der Waals surface area (Å²) in [5, 5.41) is 7.99. The van der Waals surface area contributed by atoms with E-state index in [9.17, 15) is 4.79 Å². The number of anilines is 2. The smallest absolute Gasteiger partial charge is 0.256 e. The lowest BCUT2D eigenvalue weighted by Gasteiger charge is -2.22. The molecule has 2 aromatic heterocycles. The van der Waals surface area contributed by atoms with Crippen LogP contribution in [0.1, 0.15) is 32.4 Å². The van der Waals surface area contributed by atoms with E-state index >= 15 is 0 Å². The Labute approximate surface area is 184 Å². The van der Waals surface area contributed by atoms with Crippen LogP contribution in [0.5, 0.6) is 0 Å². The van der Waals surface area contributed by atoms with E-state index in [0.29, 0.717) is 10.6 Å². The molecule has 2 heterocycles. The maximum atomic E-state index is 12.8. The highest BCUT2D eigenvalue weighted by Gasteiger charge is 2.23. The zero-order valence-electron chi connectivity index (χ0n) is 16.3. The monoisotopic (exact) mass is 433 g/mol. The van der Waals surface area contributed by atoms with Crippen LogP contribution < -0.4 is 10.6 Å². The summed E-state index contributed by atoms with van der Waals surface area (Å²) in [7, 11) is 0. The van der Waals surface area contributed by atoms with Crippen LogP contribution in [-0.2, 0) is 0 Å². The highest BCUT2D eigenvalue weighted by molar-refractivity contribution is 7.16. The van der Waals surface area contributed by atoms with Crippen molar-refractivity contribution in [2.24, 2.45) is 0 Å². The zero-order chi connectivity index (χ0) is 20.9. The summed E-state index contributed by atoms with van der Waals surface area (Å²) in [5.41, 5.74) is 2.47. The summed E-state index contributed by atoms with van der Waals surface area (Å²) in [6.45, 7) is 2.02. The van der Waals surface area contributed by atoms with Gasteiger partial charge in [-0.15, -0.1) is 11.3 Å². The number of nitrogens with zero attached hydrogens (tertiary/aromatic N) is 1. The summed E-state index contributed by atoms with van der Waals surface area (Å²) >= 11 is 8.09. The number of hydrogen-bond acceptors (Lipinski definition) is 4. The predicted molar refractivity (Wildman–Crippen MR) is 125 cm³/mol. The molecule has 0 saturated heterocycles. The molecule has 6 heteroatoms. The first kappa shape index (κ1) is 20.1. The SMILES string of the molecule is Cc1cc(C(Nc2ccccn2)c2ccccc2Cl)c(NC(=O)c2ccccc2)s1. The van der Waals surface area contributed by atoms with Gasteiger partial charge in [-0.2, -0.15) is 0 Å². The molecule has 0 bridgehead atoms. The third-order valence-electron chi connectivity index (χ3n) is 4.63. The van der Waals surface area contributed by atoms with Gasteiger partial charge >= 0.3 is 0 Å². The van der Waals surface area contributed by atoms with Gasteiger partial charge in [0.25, 0.3) is 5.91 Å². The number of benzene rings is 2. The Kier molecular flexibility index (Phi) is 6.12. The Balaban J connectivity index is 1.74. The Hall–Kier alpha value is -3.15. The van der Waals surface area contributed by atoms with Crippen molar-refractivity contribution in [3.8, 4) is 0 Å². The summed E-state index contributed by atoms with van der Waals surface area (Å²) in [4.78, 5) is 18.3. The van der Waals surface area contributed by atoms with Gasteiger partial charge in [0.1, 0.15) is 10.8 Å². The lowest BCUT2D eigenvalue weighted by Crippen LogP contribution is -2.17. The topological polar surface area (TPSA) is 54.0 Å². The van der Waals surface area contributed by atoms with Crippen LogP contribution in [-0.4, -0.2) is 10.9 Å². The highest BCUT2D eigenvalue weighted by atomic mass is 35.5. The van der Waals surface area contributed by atoms with E-state index in [1.165, 1.54) is 0 Å². The van der Waals surface area contributed by atoms with E-state index in [0.717, 1.165) is 26.8 Å². The molecule has 4 rings (SSSR count). The van der Waals surface area contributed by atoms with E-state index < -0.39 is 0 Å². The number of carbonyl (C=O) groups excluding carboxylic acids is 1. The summed E-state index contributed by atoms with van der Waals surface area (Å²) in [6, 6.07) is 24.4. The first-order chi connectivity index (χ1) is 14.6. The number of nitrogens with one attached hydrogen (secondary N) is 2. The third kappa shape index (κ3) is 4.53. The maximum absolute atomic E-state index is 12.8. The highest BCUT2D eigenvalue weighted by Crippen LogP contribution is 2.39. The molecule has 4 aromatic rings. The fourth-order valence-electron chi connectivity index (χ4n) is 3.24. The van der Waals surface area contributed by atoms with Crippen LogP contribution in [0.25, 0.3) is 0 Å². The Morgan fingerprint density at radius 1 is 0.967 bits per heavy atom. The Morgan fingerprint density at radius 3 is 2.43 bits per heavy atom. The molecule has 2 N–H and O–H groups in total. The number of aromatic nitrogens is 1. The van der Waals surface area contributed by atoms with Gasteiger partial charge in [-0.05, 0) is 48.9 Å². The minimum atomic E-state index is -0.273. The number of rotatable bonds is 6. The van der Waals surface area contributed by atoms with Gasteiger partial charge in [0, 0.05) is 27.2 Å². The molecule has 4 nitrogen and oxygen atoms in total. The van der Waals surface area contributed by atoms with Crippen molar-refractivity contribution in [3.63, 3.8) is 0 Å². The van der Waals surface area contributed by atoms with E-state index in [1.54, 1.807) is 29.7 Å². The largest absolute Gasteiger partial charge is 0.359 e. The lowest BCUT2D eigenvalue weighted by atomic mass is 9.99. The molecule has 2 aromatic carbocycles. The molecule has 1 amide bonds. The standard InChI is InChI=1S/C24H20ClN3OS/c1-16-15-19(24(30-16)28-23(29)17-9-3-2-4-10-17)22(18-11-5-6-12-20(18)25)27-21-13-7-8-14-26-21/h2-15,22H,1H3,(H,26,27)(H,28,29). The number of hydrogen-bond donors (Lipinski definition) is 2. The van der Waals surface area contributed by atoms with Crippen molar-refractivity contribution in [2.75, 3.05) is 10.6 Å². The quantitative estimate of drug-likeness (QED) is 0.362. The zero-order valence-corrected chi connectivity index (χ0v) is 17.9. The second-order valence-electron chi connectivity index (χ2n) is 6.78. The number of aryl methyl sites for hydroxylation is 1. The average molecular weight is 434 g/mol. The van der Waals surface area contributed by atoms with E-state index in [4.69, 9.17) is 11.6 Å². The van der Waals surface area contributed by atoms with Gasteiger partial charge in [0.2, 0.25) is 0 Å². The molecule has 0 saturated carbocycles. The van der Waals surface area contributed by atoms with Gasteiger partial charge in [-0.1, -0.05) is 54.1 Å². The molecule has 0 fully saturated rings. The minimum absolute atomic E-state index is 0.144. The van der Waals surface area contributed by atoms with Crippen LogP contribution in [0, 0.1) is 6.92 Å². The number of pyridine rings is 1. The fraction of sp³-hybridized carbons (Fsp3) is 0.0833. The number of amides is 1. The maximum Gasteiger partial charge on any atom is 0.256 e.